The lowest BCUT2D eigenvalue weighted by Crippen LogP contribution is -2.09. The predicted octanol–water partition coefficient (Wildman–Crippen LogP) is 3.17. The van der Waals surface area contributed by atoms with Gasteiger partial charge in [-0.15, -0.1) is 0 Å². The van der Waals surface area contributed by atoms with Crippen molar-refractivity contribution >= 4 is 27.3 Å². The Morgan fingerprint density at radius 1 is 1.41 bits per heavy atom. The monoisotopic (exact) mass is 307 g/mol. The van der Waals surface area contributed by atoms with Gasteiger partial charge in [0.15, 0.2) is 5.65 Å². The van der Waals surface area contributed by atoms with Gasteiger partial charge in [-0.05, 0) is 28.4 Å². The van der Waals surface area contributed by atoms with Gasteiger partial charge in [0.1, 0.15) is 0 Å². The summed E-state index contributed by atoms with van der Waals surface area (Å²) in [5.74, 6) is 0. The summed E-state index contributed by atoms with van der Waals surface area (Å²) in [7, 11) is 0. The third-order valence-corrected chi connectivity index (χ3v) is 2.78. The largest absolute Gasteiger partial charge is 0.396 e. The smallest absolute Gasteiger partial charge is 0.389 e. The van der Waals surface area contributed by atoms with E-state index in [9.17, 15) is 13.2 Å². The Morgan fingerprint density at radius 2 is 2.12 bits per heavy atom. The van der Waals surface area contributed by atoms with Crippen molar-refractivity contribution in [1.82, 2.24) is 9.38 Å². The minimum Gasteiger partial charge on any atom is -0.396 e. The van der Waals surface area contributed by atoms with Gasteiger partial charge in [0.2, 0.25) is 0 Å². The summed E-state index contributed by atoms with van der Waals surface area (Å²) in [5, 5.41) is 0. The van der Waals surface area contributed by atoms with Gasteiger partial charge in [-0.25, -0.2) is 4.98 Å². The minimum atomic E-state index is -4.16. The van der Waals surface area contributed by atoms with Gasteiger partial charge < -0.3 is 10.1 Å². The number of halogens is 4. The summed E-state index contributed by atoms with van der Waals surface area (Å²) >= 11 is 3.24. The van der Waals surface area contributed by atoms with Crippen molar-refractivity contribution in [1.29, 1.82) is 0 Å². The number of nitrogen functional groups attached to an aromatic ring is 1. The van der Waals surface area contributed by atoms with E-state index < -0.39 is 12.6 Å². The highest BCUT2D eigenvalue weighted by Crippen LogP contribution is 2.24. The fourth-order valence-electron chi connectivity index (χ4n) is 1.58. The fourth-order valence-corrected chi connectivity index (χ4v) is 2.03. The maximum atomic E-state index is 12.1. The van der Waals surface area contributed by atoms with Gasteiger partial charge in [0.05, 0.1) is 5.69 Å². The molecule has 2 rings (SSSR count). The topological polar surface area (TPSA) is 43.3 Å². The van der Waals surface area contributed by atoms with Crippen LogP contribution >= 0.6 is 15.9 Å². The third kappa shape index (κ3) is 2.71. The first-order valence-corrected chi connectivity index (χ1v) is 5.64. The number of rotatable bonds is 2. The summed E-state index contributed by atoms with van der Waals surface area (Å²) in [6.45, 7) is 0. The zero-order valence-electron chi connectivity index (χ0n) is 8.63. The van der Waals surface area contributed by atoms with Crippen LogP contribution in [0.2, 0.25) is 0 Å². The SMILES string of the molecule is Nc1cc(Br)cn2c(CCC(F)(F)F)cnc12. The highest BCUT2D eigenvalue weighted by Gasteiger charge is 2.27. The third-order valence-electron chi connectivity index (χ3n) is 2.34. The van der Waals surface area contributed by atoms with Crippen LogP contribution in [0.15, 0.2) is 22.9 Å². The number of pyridine rings is 1. The molecule has 0 aliphatic heterocycles. The number of nitrogens with two attached hydrogens (primary N) is 1. The molecule has 2 aromatic heterocycles. The number of alkyl halides is 3. The molecule has 3 nitrogen and oxygen atoms in total. The van der Waals surface area contributed by atoms with Gasteiger partial charge in [0.25, 0.3) is 0 Å². The van der Waals surface area contributed by atoms with Crippen molar-refractivity contribution in [3.8, 4) is 0 Å². The van der Waals surface area contributed by atoms with Crippen molar-refractivity contribution in [3.05, 3.63) is 28.6 Å². The average Bonchev–Trinajstić information content (AvgIpc) is 2.57. The number of fused-ring (bicyclic) bond motifs is 1. The number of nitrogens with zero attached hydrogens (tertiary/aromatic N) is 2. The molecule has 0 unspecified atom stereocenters. The van der Waals surface area contributed by atoms with Crippen molar-refractivity contribution < 1.29 is 13.2 Å². The van der Waals surface area contributed by atoms with Crippen LogP contribution in [0.1, 0.15) is 12.1 Å². The summed E-state index contributed by atoms with van der Waals surface area (Å²) in [6.07, 6.45) is -2.07. The molecule has 17 heavy (non-hydrogen) atoms. The van der Waals surface area contributed by atoms with Crippen molar-refractivity contribution in [2.45, 2.75) is 19.0 Å². The molecular weight excluding hydrogens is 299 g/mol. The first-order chi connectivity index (χ1) is 7.87. The molecule has 0 aliphatic carbocycles. The average molecular weight is 308 g/mol. The molecule has 0 saturated carbocycles. The molecule has 0 atom stereocenters. The van der Waals surface area contributed by atoms with Crippen molar-refractivity contribution in [2.75, 3.05) is 5.73 Å². The highest BCUT2D eigenvalue weighted by atomic mass is 79.9. The van der Waals surface area contributed by atoms with Crippen LogP contribution in [0.3, 0.4) is 0 Å². The second kappa shape index (κ2) is 4.21. The molecule has 0 radical (unpaired) electrons. The summed E-state index contributed by atoms with van der Waals surface area (Å²) < 4.78 is 38.7. The van der Waals surface area contributed by atoms with E-state index in [0.29, 0.717) is 21.5 Å². The maximum absolute atomic E-state index is 12.1. The van der Waals surface area contributed by atoms with E-state index in [1.807, 2.05) is 0 Å². The Bertz CT molecular complexity index is 547. The van der Waals surface area contributed by atoms with Gasteiger partial charge in [-0.1, -0.05) is 0 Å². The first-order valence-electron chi connectivity index (χ1n) is 4.84. The molecule has 92 valence electrons. The second-order valence-electron chi connectivity index (χ2n) is 3.67. The maximum Gasteiger partial charge on any atom is 0.389 e. The first kappa shape index (κ1) is 12.2. The van der Waals surface area contributed by atoms with Crippen LogP contribution in [0, 0.1) is 0 Å². The normalized spacial score (nSPS) is 12.2. The van der Waals surface area contributed by atoms with E-state index in [0.717, 1.165) is 0 Å². The molecule has 2 heterocycles. The highest BCUT2D eigenvalue weighted by molar-refractivity contribution is 9.10. The van der Waals surface area contributed by atoms with Crippen molar-refractivity contribution in [3.63, 3.8) is 0 Å². The lowest BCUT2D eigenvalue weighted by Gasteiger charge is -2.06. The Hall–Kier alpha value is -1.24. The molecule has 0 aliphatic rings. The number of aromatic nitrogens is 2. The Balaban J connectivity index is 2.36. The van der Waals surface area contributed by atoms with E-state index in [4.69, 9.17) is 5.73 Å². The number of imidazole rings is 1. The zero-order valence-corrected chi connectivity index (χ0v) is 10.2. The Kier molecular flexibility index (Phi) is 3.03. The fraction of sp³-hybridized carbons (Fsp3) is 0.300. The molecule has 2 N–H and O–H groups in total. The minimum absolute atomic E-state index is 0.111. The predicted molar refractivity (Wildman–Crippen MR) is 61.7 cm³/mol. The molecule has 0 amide bonds. The number of hydrogen-bond donors (Lipinski definition) is 1. The summed E-state index contributed by atoms with van der Waals surface area (Å²) in [4.78, 5) is 4.01. The number of anilines is 1. The Labute approximate surface area is 104 Å². The lowest BCUT2D eigenvalue weighted by atomic mass is 10.2. The lowest BCUT2D eigenvalue weighted by molar-refractivity contribution is -0.134. The van der Waals surface area contributed by atoms with E-state index in [1.54, 1.807) is 16.7 Å². The number of hydrogen-bond acceptors (Lipinski definition) is 2. The van der Waals surface area contributed by atoms with E-state index in [1.165, 1.54) is 6.20 Å². The molecule has 0 saturated heterocycles. The number of aryl methyl sites for hydroxylation is 1. The molecule has 7 heteroatoms. The van der Waals surface area contributed by atoms with E-state index >= 15 is 0 Å². The van der Waals surface area contributed by atoms with Crippen LogP contribution in [-0.4, -0.2) is 15.6 Å². The summed E-state index contributed by atoms with van der Waals surface area (Å²) in [6, 6.07) is 1.66. The van der Waals surface area contributed by atoms with Crippen LogP contribution < -0.4 is 5.73 Å². The molecular formula is C10H9BrF3N3. The standard InChI is InChI=1S/C10H9BrF3N3/c11-6-3-8(15)9-16-4-7(17(9)5-6)1-2-10(12,13)14/h3-5H,1-2,15H2. The summed E-state index contributed by atoms with van der Waals surface area (Å²) in [5.41, 5.74) is 7.11. The van der Waals surface area contributed by atoms with Crippen LogP contribution in [0.25, 0.3) is 5.65 Å². The second-order valence-corrected chi connectivity index (χ2v) is 4.59. The zero-order chi connectivity index (χ0) is 12.6. The van der Waals surface area contributed by atoms with Crippen LogP contribution in [0.5, 0.6) is 0 Å². The Morgan fingerprint density at radius 3 is 2.76 bits per heavy atom. The van der Waals surface area contributed by atoms with Crippen molar-refractivity contribution in [2.24, 2.45) is 0 Å². The van der Waals surface area contributed by atoms with Gasteiger partial charge >= 0.3 is 6.18 Å². The van der Waals surface area contributed by atoms with E-state index in [-0.39, 0.29) is 6.42 Å². The van der Waals surface area contributed by atoms with Gasteiger partial charge in [-0.3, -0.25) is 0 Å². The van der Waals surface area contributed by atoms with Crippen LogP contribution in [-0.2, 0) is 6.42 Å². The molecule has 0 fully saturated rings. The van der Waals surface area contributed by atoms with Gasteiger partial charge in [-0.2, -0.15) is 13.2 Å². The molecule has 0 spiro atoms. The quantitative estimate of drug-likeness (QED) is 0.926. The molecule has 0 aromatic carbocycles. The van der Waals surface area contributed by atoms with E-state index in [2.05, 4.69) is 20.9 Å². The van der Waals surface area contributed by atoms with Crippen LogP contribution in [0.4, 0.5) is 18.9 Å². The van der Waals surface area contributed by atoms with Gasteiger partial charge in [0, 0.05) is 29.0 Å². The molecule has 0 bridgehead atoms. The molecule has 2 aromatic rings.